The van der Waals surface area contributed by atoms with E-state index < -0.39 is 26.2 Å². The van der Waals surface area contributed by atoms with E-state index in [0.29, 0.717) is 74.7 Å². The number of amides is 5. The van der Waals surface area contributed by atoms with Crippen molar-refractivity contribution in [2.45, 2.75) is 53.4 Å². The molecular weight excluding hydrogens is 1350 g/mol. The number of aromatic nitrogens is 4. The Morgan fingerprint density at radius 1 is 0.564 bits per heavy atom. The second kappa shape index (κ2) is 41.2. The minimum Gasteiger partial charge on any atom is -0.397 e. The molecule has 2 aromatic heterocycles. The Hall–Kier alpha value is -9.51. The van der Waals surface area contributed by atoms with Crippen molar-refractivity contribution in [3.8, 4) is 0 Å². The molecule has 5 aromatic carbocycles. The third-order valence-electron chi connectivity index (χ3n) is 12.7. The number of nitrogens with one attached hydrogen (secondary N) is 3. The van der Waals surface area contributed by atoms with Crippen LogP contribution in [0.2, 0.25) is 0 Å². The number of fused-ring (bicyclic) bond motifs is 1. The van der Waals surface area contributed by atoms with Gasteiger partial charge in [-0.25, -0.2) is 9.97 Å². The molecule has 27 nitrogen and oxygen atoms in total. The molecule has 8 rings (SSSR count). The van der Waals surface area contributed by atoms with Gasteiger partial charge in [-0.2, -0.15) is 0 Å². The largest absolute Gasteiger partial charge is 0.397 e. The Balaban J connectivity index is 0.000000388. The van der Waals surface area contributed by atoms with E-state index in [0.717, 1.165) is 0 Å². The zero-order chi connectivity index (χ0) is 70.9. The van der Waals surface area contributed by atoms with Gasteiger partial charge >= 0.3 is 0 Å². The summed E-state index contributed by atoms with van der Waals surface area (Å²) in [6.07, 6.45) is 0.933. The molecule has 1 aliphatic rings. The van der Waals surface area contributed by atoms with Crippen LogP contribution in [0, 0.1) is 47.9 Å². The van der Waals surface area contributed by atoms with Crippen LogP contribution in [-0.4, -0.2) is 121 Å². The maximum Gasteiger partial charge on any atom is 0.292 e. The number of nitrogens with zero attached hydrogens (tertiary/aromatic N) is 8. The number of aromatic amines is 2. The van der Waals surface area contributed by atoms with Crippen LogP contribution < -0.4 is 53.2 Å². The average molecular weight is 1420 g/mol. The number of halogens is 6. The van der Waals surface area contributed by atoms with Gasteiger partial charge in [0.15, 0.2) is 0 Å². The molecule has 0 spiro atoms. The number of hydrogen-bond donors (Lipinski definition) is 6. The summed E-state index contributed by atoms with van der Waals surface area (Å²) in [7, 11) is 5.00. The number of carbonyl (C=O) groups is 7. The number of anilines is 8. The summed E-state index contributed by atoms with van der Waals surface area (Å²) in [6, 6.07) is 33.6. The highest BCUT2D eigenvalue weighted by molar-refractivity contribution is 6.67. The SMILES string of the molecule is CN(C(=O)CCl)c1ccccc1N.CN(C(=O)CCl)c1ccccc1N.Cc1nc(C)c(CCC(=O)Cl)c(=O)[nH]1.Cc1nc(C)c(CCC(=O)N2CC(=O)N(C)c3ccccc32)c(=O)[nH]1.Nc1ccccc1[N+](=O)[O-].O=C(CCl)Nc1ccccc1[N+](=O)[O-].O=C(Cl)CCl. The molecule has 0 bridgehead atoms. The van der Waals surface area contributed by atoms with Gasteiger partial charge in [-0.1, -0.05) is 60.7 Å². The fourth-order valence-corrected chi connectivity index (χ4v) is 8.47. The Morgan fingerprint density at radius 2 is 0.957 bits per heavy atom. The number of aryl methyl sites for hydroxylation is 4. The number of alkyl halides is 4. The highest BCUT2D eigenvalue weighted by atomic mass is 35.5. The van der Waals surface area contributed by atoms with E-state index in [1.807, 2.05) is 48.5 Å². The molecular formula is C61H68Cl6N14O13. The van der Waals surface area contributed by atoms with Crippen LogP contribution in [0.5, 0.6) is 0 Å². The predicted molar refractivity (Wildman–Crippen MR) is 370 cm³/mol. The summed E-state index contributed by atoms with van der Waals surface area (Å²) in [5.41, 5.74) is 22.7. The van der Waals surface area contributed by atoms with Crippen molar-refractivity contribution in [3.63, 3.8) is 0 Å². The Morgan fingerprint density at radius 3 is 1.34 bits per heavy atom. The first-order valence-corrected chi connectivity index (χ1v) is 30.4. The molecule has 1 aliphatic heterocycles. The van der Waals surface area contributed by atoms with Crippen LogP contribution >= 0.6 is 69.6 Å². The summed E-state index contributed by atoms with van der Waals surface area (Å²) in [6.45, 7) is 6.95. The molecule has 0 saturated heterocycles. The van der Waals surface area contributed by atoms with E-state index in [-0.39, 0.29) is 107 Å². The minimum absolute atomic E-state index is 0.00777. The molecule has 9 N–H and O–H groups in total. The lowest BCUT2D eigenvalue weighted by Crippen LogP contribution is -2.46. The summed E-state index contributed by atoms with van der Waals surface area (Å²) in [4.78, 5) is 141. The third-order valence-corrected chi connectivity index (χ3v) is 14.1. The van der Waals surface area contributed by atoms with E-state index in [1.54, 1.807) is 96.2 Å². The summed E-state index contributed by atoms with van der Waals surface area (Å²) < 4.78 is 0. The van der Waals surface area contributed by atoms with Crippen LogP contribution in [-0.2, 0) is 46.4 Å². The van der Waals surface area contributed by atoms with Crippen molar-refractivity contribution < 1.29 is 43.4 Å². The van der Waals surface area contributed by atoms with Gasteiger partial charge < -0.3 is 52.1 Å². The molecule has 94 heavy (non-hydrogen) atoms. The number of nitro groups is 2. The maximum atomic E-state index is 12.7. The van der Waals surface area contributed by atoms with Crippen molar-refractivity contribution >= 4 is 167 Å². The highest BCUT2D eigenvalue weighted by Crippen LogP contribution is 2.33. The number of carbonyl (C=O) groups excluding carboxylic acids is 7. The van der Waals surface area contributed by atoms with E-state index in [9.17, 15) is 63.4 Å². The number of nitrogen functional groups attached to an aromatic ring is 3. The second-order valence-electron chi connectivity index (χ2n) is 19.3. The van der Waals surface area contributed by atoms with Crippen molar-refractivity contribution in [2.24, 2.45) is 0 Å². The number of rotatable bonds is 15. The molecule has 0 radical (unpaired) electrons. The summed E-state index contributed by atoms with van der Waals surface area (Å²) in [5.74, 6) is -0.403. The normalized spacial score (nSPS) is 10.7. The zero-order valence-corrected chi connectivity index (χ0v) is 56.3. The molecule has 0 unspecified atom stereocenters. The maximum absolute atomic E-state index is 12.7. The highest BCUT2D eigenvalue weighted by Gasteiger charge is 2.30. The van der Waals surface area contributed by atoms with Gasteiger partial charge in [-0.05, 0) is 112 Å². The predicted octanol–water partition coefficient (Wildman–Crippen LogP) is 9.29. The van der Waals surface area contributed by atoms with Gasteiger partial charge in [0.25, 0.3) is 22.5 Å². The Kier molecular flexibility index (Phi) is 35.3. The number of hydrogen-bond acceptors (Lipinski definition) is 18. The Bertz CT molecular complexity index is 3850. The number of H-pyrrole nitrogens is 2. The number of likely N-dealkylation sites (N-methyl/N-ethyl adjacent to an activating group) is 1. The van der Waals surface area contributed by atoms with Crippen molar-refractivity contribution in [2.75, 3.05) is 93.3 Å². The van der Waals surface area contributed by atoms with Gasteiger partial charge in [-0.3, -0.25) is 63.4 Å². The quantitative estimate of drug-likeness (QED) is 0.0183. The van der Waals surface area contributed by atoms with Gasteiger partial charge in [0, 0.05) is 68.6 Å². The van der Waals surface area contributed by atoms with E-state index in [1.165, 1.54) is 45.0 Å². The third kappa shape index (κ3) is 26.6. The van der Waals surface area contributed by atoms with Gasteiger partial charge in [-0.15, -0.1) is 46.4 Å². The van der Waals surface area contributed by atoms with E-state index >= 15 is 0 Å². The van der Waals surface area contributed by atoms with Crippen molar-refractivity contribution in [3.05, 3.63) is 196 Å². The standard InChI is InChI=1S/C18H20N4O3.C9H11ClN2O2.2C9H11ClN2O.C8H7ClN2O3.C6H6N2O2.C2H2Cl2O/c1-11-13(18(25)20-12(2)19-11)8-9-16(23)22-10-17(24)21(3)14-6-4-5-7-15(14)22;1-5-7(3-4-8(10)13)9(14)12-6(2)11-5;2*1-12(9(13)6-10)8-5-3-2-4-7(8)11;9-5-8(12)10-6-3-1-2-4-7(6)11(13)14;7-5-3-1-2-4-6(5)8(9)10;3-1-2(4)5/h4-7H,8-10H2,1-3H3,(H,19,20,25);3-4H2,1-2H3,(H,11,12,14);2*2-5H,6,11H2,1H3;1-4H,5H2,(H,10,12);1-4H,7H2;1H2. The number of nitro benzene ring substituents is 2. The molecule has 502 valence electrons. The van der Waals surface area contributed by atoms with Crippen LogP contribution in [0.1, 0.15) is 47.0 Å². The van der Waals surface area contributed by atoms with Gasteiger partial charge in [0.1, 0.15) is 47.2 Å². The first kappa shape index (κ1) is 80.6. The lowest BCUT2D eigenvalue weighted by Gasteiger charge is -2.34. The molecule has 33 heteroatoms. The van der Waals surface area contributed by atoms with Crippen LogP contribution in [0.25, 0.3) is 0 Å². The lowest BCUT2D eigenvalue weighted by atomic mass is 10.1. The molecule has 7 aromatic rings. The second-order valence-corrected chi connectivity index (χ2v) is 21.2. The van der Waals surface area contributed by atoms with Crippen LogP contribution in [0.3, 0.4) is 0 Å². The molecule has 0 saturated carbocycles. The van der Waals surface area contributed by atoms with Crippen LogP contribution in [0.15, 0.2) is 131 Å². The van der Waals surface area contributed by atoms with Gasteiger partial charge in [0.2, 0.25) is 40.0 Å². The minimum atomic E-state index is -0.566. The van der Waals surface area contributed by atoms with Crippen molar-refractivity contribution in [1.82, 2.24) is 19.9 Å². The van der Waals surface area contributed by atoms with Gasteiger partial charge in [0.05, 0.1) is 49.9 Å². The number of para-hydroxylation sites is 10. The first-order valence-electron chi connectivity index (χ1n) is 27.5. The number of nitrogens with two attached hydrogens (primary N) is 3. The molecule has 5 amide bonds. The lowest BCUT2D eigenvalue weighted by molar-refractivity contribution is -0.384. The van der Waals surface area contributed by atoms with E-state index in [2.05, 4.69) is 25.3 Å². The summed E-state index contributed by atoms with van der Waals surface area (Å²) >= 11 is 30.8. The van der Waals surface area contributed by atoms with Crippen LogP contribution in [0.4, 0.5) is 56.9 Å². The number of benzene rings is 5. The molecule has 0 atom stereocenters. The molecule has 3 heterocycles. The first-order chi connectivity index (χ1) is 44.3. The monoisotopic (exact) mass is 1410 g/mol. The fourth-order valence-electron chi connectivity index (χ4n) is 7.95. The van der Waals surface area contributed by atoms with E-state index in [4.69, 9.17) is 86.8 Å². The smallest absolute Gasteiger partial charge is 0.292 e. The fraction of sp³-hybridized carbons (Fsp3) is 0.262. The van der Waals surface area contributed by atoms with Crippen molar-refractivity contribution in [1.29, 1.82) is 0 Å². The molecule has 0 aliphatic carbocycles. The average Bonchev–Trinajstić information content (AvgIpc) is 0.789. The topological polar surface area (TPSA) is 400 Å². The Labute approximate surface area is 569 Å². The molecule has 0 fully saturated rings. The summed E-state index contributed by atoms with van der Waals surface area (Å²) in [5, 5.41) is 22.0. The zero-order valence-electron chi connectivity index (χ0n) is 51.8.